The van der Waals surface area contributed by atoms with E-state index < -0.39 is 0 Å². The van der Waals surface area contributed by atoms with Gasteiger partial charge in [0, 0.05) is 12.5 Å². The summed E-state index contributed by atoms with van der Waals surface area (Å²) in [6.07, 6.45) is 6.27. The van der Waals surface area contributed by atoms with E-state index in [-0.39, 0.29) is 0 Å². The molecular formula is C9H18N2. The molecule has 0 saturated heterocycles. The Hall–Kier alpha value is -0.530. The molecule has 11 heavy (non-hydrogen) atoms. The van der Waals surface area contributed by atoms with Gasteiger partial charge in [0.2, 0.25) is 0 Å². The highest BCUT2D eigenvalue weighted by molar-refractivity contribution is 5.84. The maximum Gasteiger partial charge on any atom is 0.0968 e. The molecule has 64 valence electrons. The second-order valence-corrected chi connectivity index (χ2v) is 3.29. The number of nitrogens with two attached hydrogens (primary N) is 1. The Labute approximate surface area is 68.9 Å². The van der Waals surface area contributed by atoms with Gasteiger partial charge in [0.25, 0.3) is 0 Å². The molecule has 2 N–H and O–H groups in total. The van der Waals surface area contributed by atoms with E-state index in [2.05, 4.69) is 11.9 Å². The van der Waals surface area contributed by atoms with Gasteiger partial charge in [-0.05, 0) is 19.3 Å². The fourth-order valence-electron chi connectivity index (χ4n) is 1.08. The van der Waals surface area contributed by atoms with Crippen LogP contribution < -0.4 is 5.73 Å². The second kappa shape index (κ2) is 4.37. The van der Waals surface area contributed by atoms with Crippen molar-refractivity contribution in [3.05, 3.63) is 0 Å². The minimum absolute atomic E-state index is 0.650. The number of hydrogen-bond acceptors (Lipinski definition) is 1. The smallest absolute Gasteiger partial charge is 0.0968 e. The summed E-state index contributed by atoms with van der Waals surface area (Å²) in [7, 11) is 0. The van der Waals surface area contributed by atoms with Crippen LogP contribution >= 0.6 is 0 Å². The zero-order valence-corrected chi connectivity index (χ0v) is 7.34. The third-order valence-corrected chi connectivity index (χ3v) is 2.05. The van der Waals surface area contributed by atoms with E-state index >= 15 is 0 Å². The van der Waals surface area contributed by atoms with Crippen molar-refractivity contribution in [2.45, 2.75) is 39.0 Å². The van der Waals surface area contributed by atoms with Crippen molar-refractivity contribution in [3.63, 3.8) is 0 Å². The van der Waals surface area contributed by atoms with Crippen LogP contribution in [0.5, 0.6) is 0 Å². The molecule has 0 aromatic rings. The molecule has 0 aromatic heterocycles. The van der Waals surface area contributed by atoms with Crippen molar-refractivity contribution in [3.8, 4) is 0 Å². The van der Waals surface area contributed by atoms with E-state index in [1.165, 1.54) is 32.1 Å². The Balaban J connectivity index is 2.02. The zero-order chi connectivity index (χ0) is 8.10. The average Bonchev–Trinajstić information content (AvgIpc) is 2.79. The predicted molar refractivity (Wildman–Crippen MR) is 48.7 cm³/mol. The summed E-state index contributed by atoms with van der Waals surface area (Å²) in [6, 6.07) is 0. The molecule has 0 heterocycles. The van der Waals surface area contributed by atoms with Crippen molar-refractivity contribution < 1.29 is 0 Å². The number of amidine groups is 1. The minimum Gasteiger partial charge on any atom is -0.387 e. The van der Waals surface area contributed by atoms with E-state index in [0.717, 1.165) is 12.4 Å². The maximum atomic E-state index is 5.71. The highest BCUT2D eigenvalue weighted by atomic mass is 14.9. The highest BCUT2D eigenvalue weighted by Gasteiger charge is 2.24. The van der Waals surface area contributed by atoms with Gasteiger partial charge < -0.3 is 5.73 Å². The summed E-state index contributed by atoms with van der Waals surface area (Å²) in [5, 5.41) is 0. The quantitative estimate of drug-likeness (QED) is 0.367. The highest BCUT2D eigenvalue weighted by Crippen LogP contribution is 2.28. The van der Waals surface area contributed by atoms with Gasteiger partial charge in [0.15, 0.2) is 0 Å². The molecule has 1 saturated carbocycles. The van der Waals surface area contributed by atoms with Crippen LogP contribution in [0.15, 0.2) is 4.99 Å². The van der Waals surface area contributed by atoms with Gasteiger partial charge in [-0.3, -0.25) is 4.99 Å². The molecule has 0 aromatic carbocycles. The predicted octanol–water partition coefficient (Wildman–Crippen LogP) is 1.94. The molecule has 2 nitrogen and oxygen atoms in total. The van der Waals surface area contributed by atoms with Crippen LogP contribution in [0.25, 0.3) is 0 Å². The Morgan fingerprint density at radius 2 is 2.18 bits per heavy atom. The number of unbranched alkanes of at least 4 members (excludes halogenated alkanes) is 2. The van der Waals surface area contributed by atoms with Crippen LogP contribution in [0.3, 0.4) is 0 Å². The fraction of sp³-hybridized carbons (Fsp3) is 0.889. The maximum absolute atomic E-state index is 5.71. The number of hydrogen-bond donors (Lipinski definition) is 1. The number of nitrogens with zero attached hydrogens (tertiary/aromatic N) is 1. The van der Waals surface area contributed by atoms with Crippen LogP contribution in [0.2, 0.25) is 0 Å². The van der Waals surface area contributed by atoms with Crippen molar-refractivity contribution in [1.82, 2.24) is 0 Å². The molecule has 0 radical (unpaired) electrons. The van der Waals surface area contributed by atoms with Crippen LogP contribution in [0, 0.1) is 5.92 Å². The Bertz CT molecular complexity index is 136. The van der Waals surface area contributed by atoms with Crippen LogP contribution in [-0.4, -0.2) is 12.4 Å². The van der Waals surface area contributed by atoms with Crippen molar-refractivity contribution in [1.29, 1.82) is 0 Å². The normalized spacial score (nSPS) is 18.8. The summed E-state index contributed by atoms with van der Waals surface area (Å²) < 4.78 is 0. The van der Waals surface area contributed by atoms with E-state index in [0.29, 0.717) is 5.92 Å². The van der Waals surface area contributed by atoms with Crippen LogP contribution in [0.4, 0.5) is 0 Å². The molecule has 1 rings (SSSR count). The molecule has 0 atom stereocenters. The van der Waals surface area contributed by atoms with Crippen molar-refractivity contribution in [2.75, 3.05) is 6.54 Å². The summed E-state index contributed by atoms with van der Waals surface area (Å²) >= 11 is 0. The van der Waals surface area contributed by atoms with E-state index in [9.17, 15) is 0 Å². The van der Waals surface area contributed by atoms with Crippen molar-refractivity contribution >= 4 is 5.84 Å². The Kier molecular flexibility index (Phi) is 3.40. The molecular weight excluding hydrogens is 136 g/mol. The lowest BCUT2D eigenvalue weighted by molar-refractivity contribution is 0.726. The van der Waals surface area contributed by atoms with Gasteiger partial charge in [-0.1, -0.05) is 19.8 Å². The van der Waals surface area contributed by atoms with E-state index in [4.69, 9.17) is 5.73 Å². The van der Waals surface area contributed by atoms with Crippen molar-refractivity contribution in [2.24, 2.45) is 16.6 Å². The number of rotatable bonds is 5. The molecule has 0 spiro atoms. The van der Waals surface area contributed by atoms with Gasteiger partial charge in [0.05, 0.1) is 5.84 Å². The van der Waals surface area contributed by atoms with E-state index in [1.807, 2.05) is 0 Å². The van der Waals surface area contributed by atoms with Gasteiger partial charge in [-0.15, -0.1) is 0 Å². The summed E-state index contributed by atoms with van der Waals surface area (Å²) in [5.41, 5.74) is 5.71. The minimum atomic E-state index is 0.650. The first-order chi connectivity index (χ1) is 5.34. The summed E-state index contributed by atoms with van der Waals surface area (Å²) in [4.78, 5) is 4.32. The van der Waals surface area contributed by atoms with Crippen LogP contribution in [0.1, 0.15) is 39.0 Å². The zero-order valence-electron chi connectivity index (χ0n) is 7.34. The van der Waals surface area contributed by atoms with Crippen LogP contribution in [-0.2, 0) is 0 Å². The Morgan fingerprint density at radius 1 is 1.45 bits per heavy atom. The first-order valence-corrected chi connectivity index (χ1v) is 4.64. The molecule has 0 bridgehead atoms. The van der Waals surface area contributed by atoms with Gasteiger partial charge in [0.1, 0.15) is 0 Å². The number of aliphatic imine (C=N–C) groups is 1. The lowest BCUT2D eigenvalue weighted by Crippen LogP contribution is -2.14. The molecule has 0 amide bonds. The third-order valence-electron chi connectivity index (χ3n) is 2.05. The molecule has 0 unspecified atom stereocenters. The largest absolute Gasteiger partial charge is 0.387 e. The lowest BCUT2D eigenvalue weighted by Gasteiger charge is -1.96. The first-order valence-electron chi connectivity index (χ1n) is 4.64. The average molecular weight is 154 g/mol. The Morgan fingerprint density at radius 3 is 2.73 bits per heavy atom. The third kappa shape index (κ3) is 3.40. The fourth-order valence-corrected chi connectivity index (χ4v) is 1.08. The van der Waals surface area contributed by atoms with Gasteiger partial charge in [-0.25, -0.2) is 0 Å². The lowest BCUT2D eigenvalue weighted by atomic mass is 10.2. The standard InChI is InChI=1S/C9H18N2/c1-2-3-4-7-11-9(10)8-5-6-8/h8H,2-7H2,1H3,(H2,10,11). The first kappa shape index (κ1) is 8.57. The molecule has 1 aliphatic carbocycles. The molecule has 0 aliphatic heterocycles. The summed E-state index contributed by atoms with van der Waals surface area (Å²) in [5.74, 6) is 1.55. The monoisotopic (exact) mass is 154 g/mol. The van der Waals surface area contributed by atoms with Gasteiger partial charge >= 0.3 is 0 Å². The second-order valence-electron chi connectivity index (χ2n) is 3.29. The SMILES string of the molecule is CCCCCN=C(N)C1CC1. The van der Waals surface area contributed by atoms with E-state index in [1.54, 1.807) is 0 Å². The molecule has 2 heteroatoms. The summed E-state index contributed by atoms with van der Waals surface area (Å²) in [6.45, 7) is 3.14. The molecule has 1 fully saturated rings. The molecule has 1 aliphatic rings. The topological polar surface area (TPSA) is 38.4 Å². The van der Waals surface area contributed by atoms with Gasteiger partial charge in [-0.2, -0.15) is 0 Å².